The Morgan fingerprint density at radius 2 is 2.62 bits per heavy atom. The molecule has 0 unspecified atom stereocenters. The van der Waals surface area contributed by atoms with Crippen LogP contribution in [0.2, 0.25) is 0 Å². The van der Waals surface area contributed by atoms with Gasteiger partial charge in [0.1, 0.15) is 0 Å². The Bertz CT molecular complexity index is 167. The van der Waals surface area contributed by atoms with Gasteiger partial charge in [-0.3, -0.25) is 0 Å². The lowest BCUT2D eigenvalue weighted by Crippen LogP contribution is -1.63. The van der Waals surface area contributed by atoms with Crippen LogP contribution in [0.25, 0.3) is 0 Å². The highest BCUT2D eigenvalue weighted by Crippen LogP contribution is 2.02. The van der Waals surface area contributed by atoms with Crippen molar-refractivity contribution in [3.8, 4) is 0 Å². The highest BCUT2D eigenvalue weighted by Gasteiger charge is 1.86. The van der Waals surface area contributed by atoms with Crippen LogP contribution in [0.4, 0.5) is 5.82 Å². The maximum absolute atomic E-state index is 4.87. The molecule has 1 aromatic rings. The highest BCUT2D eigenvalue weighted by atomic mass is 35.5. The fourth-order valence-corrected chi connectivity index (χ4v) is 0.360. The molecule has 0 saturated heterocycles. The molecule has 6 heteroatoms. The van der Waals surface area contributed by atoms with E-state index in [9.17, 15) is 0 Å². The summed E-state index contributed by atoms with van der Waals surface area (Å²) in [6.45, 7) is 0. The van der Waals surface area contributed by atoms with Crippen LogP contribution in [0, 0.1) is 0 Å². The van der Waals surface area contributed by atoms with Crippen molar-refractivity contribution in [2.24, 2.45) is 9.75 Å². The number of hydrogen-bond donors (Lipinski definition) is 1. The fraction of sp³-hybridized carbons (Fsp3) is 0. The lowest BCUT2D eigenvalue weighted by atomic mass is 10.8. The maximum atomic E-state index is 4.87. The molecule has 1 heterocycles. The largest absolute Gasteiger partial charge is 0.216 e. The molecule has 0 spiro atoms. The molecule has 0 saturated carbocycles. The van der Waals surface area contributed by atoms with E-state index in [1.54, 1.807) is 0 Å². The number of halogens is 1. The molecule has 0 aliphatic rings. The molecule has 0 amide bonds. The lowest BCUT2D eigenvalue weighted by Gasteiger charge is -1.68. The molecule has 0 aromatic carbocycles. The quantitative estimate of drug-likeness (QED) is 0.579. The molecule has 0 bridgehead atoms. The van der Waals surface area contributed by atoms with E-state index in [1.807, 2.05) is 0 Å². The second kappa shape index (κ2) is 2.37. The monoisotopic (exact) mass is 131 g/mol. The molecule has 1 rings (SSSR count). The summed E-state index contributed by atoms with van der Waals surface area (Å²) >= 11 is 4.87. The first kappa shape index (κ1) is 5.17. The van der Waals surface area contributed by atoms with Gasteiger partial charge in [-0.05, 0) is 0 Å². The van der Waals surface area contributed by atoms with Crippen molar-refractivity contribution in [3.05, 3.63) is 6.20 Å². The fourth-order valence-electron chi connectivity index (χ4n) is 0.282. The van der Waals surface area contributed by atoms with Crippen LogP contribution < -0.4 is 0 Å². The molecule has 0 aliphatic carbocycles. The number of aromatic nitrogens is 3. The number of hydrogen-bond acceptors (Lipinski definition) is 4. The Labute approximate surface area is 49.9 Å². The Hall–Kier alpha value is -0.970. The Kier molecular flexibility index (Phi) is 1.53. The SMILES string of the molecule is ClN=Nc1cn[nH]n1. The summed E-state index contributed by atoms with van der Waals surface area (Å²) in [7, 11) is 0. The summed E-state index contributed by atoms with van der Waals surface area (Å²) in [6.07, 6.45) is 1.41. The van der Waals surface area contributed by atoms with Gasteiger partial charge in [-0.1, -0.05) is 4.63 Å². The van der Waals surface area contributed by atoms with Crippen LogP contribution in [0.15, 0.2) is 15.9 Å². The predicted molar refractivity (Wildman–Crippen MR) is 26.8 cm³/mol. The molecule has 0 radical (unpaired) electrons. The van der Waals surface area contributed by atoms with Crippen LogP contribution in [0.1, 0.15) is 0 Å². The van der Waals surface area contributed by atoms with E-state index in [4.69, 9.17) is 11.8 Å². The summed E-state index contributed by atoms with van der Waals surface area (Å²) in [5.41, 5.74) is 0. The van der Waals surface area contributed by atoms with E-state index in [0.29, 0.717) is 5.82 Å². The zero-order valence-corrected chi connectivity index (χ0v) is 4.50. The molecule has 0 aliphatic heterocycles. The van der Waals surface area contributed by atoms with E-state index in [2.05, 4.69) is 25.2 Å². The topological polar surface area (TPSA) is 66.3 Å². The van der Waals surface area contributed by atoms with Gasteiger partial charge >= 0.3 is 0 Å². The predicted octanol–water partition coefficient (Wildman–Crippen LogP) is 1.04. The zero-order valence-electron chi connectivity index (χ0n) is 3.74. The third kappa shape index (κ3) is 1.00. The van der Waals surface area contributed by atoms with Crippen LogP contribution in [0.5, 0.6) is 0 Å². The smallest absolute Gasteiger partial charge is 0.196 e. The summed E-state index contributed by atoms with van der Waals surface area (Å²) in [5, 5.41) is 12.7. The molecule has 5 nitrogen and oxygen atoms in total. The normalized spacial score (nSPS) is 10.6. The first-order chi connectivity index (χ1) is 3.93. The number of nitrogens with one attached hydrogen (secondary N) is 1. The highest BCUT2D eigenvalue weighted by molar-refractivity contribution is 6.14. The van der Waals surface area contributed by atoms with Gasteiger partial charge in [0.25, 0.3) is 0 Å². The van der Waals surface area contributed by atoms with Crippen molar-refractivity contribution in [1.82, 2.24) is 15.4 Å². The van der Waals surface area contributed by atoms with Gasteiger partial charge in [0.15, 0.2) is 0 Å². The second-order valence-corrected chi connectivity index (χ2v) is 1.15. The van der Waals surface area contributed by atoms with Gasteiger partial charge in [0, 0.05) is 0 Å². The van der Waals surface area contributed by atoms with Crippen LogP contribution in [0.3, 0.4) is 0 Å². The van der Waals surface area contributed by atoms with E-state index >= 15 is 0 Å². The summed E-state index contributed by atoms with van der Waals surface area (Å²) in [4.78, 5) is 0. The first-order valence-corrected chi connectivity index (χ1v) is 2.15. The standard InChI is InChI=1S/C2H2ClN5/c3-7-5-2-1-4-8-6-2/h1H,(H,4,6,8). The zero-order chi connectivity index (χ0) is 5.82. The first-order valence-electron chi connectivity index (χ1n) is 1.81. The molecule has 0 atom stereocenters. The molecule has 42 valence electrons. The van der Waals surface area contributed by atoms with Gasteiger partial charge in [0.2, 0.25) is 5.82 Å². The average molecular weight is 132 g/mol. The molecular formula is C2H2ClN5. The Morgan fingerprint density at radius 1 is 1.75 bits per heavy atom. The number of nitrogens with zero attached hydrogens (tertiary/aromatic N) is 4. The van der Waals surface area contributed by atoms with Crippen molar-refractivity contribution in [3.63, 3.8) is 0 Å². The molecular weight excluding hydrogens is 130 g/mol. The van der Waals surface area contributed by atoms with Crippen molar-refractivity contribution in [2.45, 2.75) is 0 Å². The third-order valence-electron chi connectivity index (χ3n) is 0.543. The van der Waals surface area contributed by atoms with Crippen LogP contribution in [-0.2, 0) is 0 Å². The van der Waals surface area contributed by atoms with Crippen molar-refractivity contribution in [1.29, 1.82) is 0 Å². The second-order valence-electron chi connectivity index (χ2n) is 1.00. The van der Waals surface area contributed by atoms with Crippen LogP contribution >= 0.6 is 11.8 Å². The van der Waals surface area contributed by atoms with E-state index in [1.165, 1.54) is 6.20 Å². The Balaban J connectivity index is 2.77. The van der Waals surface area contributed by atoms with Crippen molar-refractivity contribution >= 4 is 17.6 Å². The molecule has 1 N–H and O–H groups in total. The molecule has 0 fully saturated rings. The molecule has 1 aromatic heterocycles. The number of H-pyrrole nitrogens is 1. The maximum Gasteiger partial charge on any atom is 0.216 e. The third-order valence-corrected chi connectivity index (χ3v) is 0.618. The van der Waals surface area contributed by atoms with Crippen LogP contribution in [-0.4, -0.2) is 15.4 Å². The minimum absolute atomic E-state index is 0.375. The van der Waals surface area contributed by atoms with E-state index in [-0.39, 0.29) is 0 Å². The van der Waals surface area contributed by atoms with Gasteiger partial charge < -0.3 is 0 Å². The molecule has 8 heavy (non-hydrogen) atoms. The average Bonchev–Trinajstić information content (AvgIpc) is 2.19. The van der Waals surface area contributed by atoms with E-state index < -0.39 is 0 Å². The minimum Gasteiger partial charge on any atom is -0.196 e. The van der Waals surface area contributed by atoms with Gasteiger partial charge in [-0.2, -0.15) is 10.3 Å². The van der Waals surface area contributed by atoms with Gasteiger partial charge in [-0.15, -0.1) is 10.2 Å². The van der Waals surface area contributed by atoms with Gasteiger partial charge in [-0.25, -0.2) is 0 Å². The summed E-state index contributed by atoms with van der Waals surface area (Å²) in [5.74, 6) is 0.375. The number of rotatable bonds is 1. The number of aromatic amines is 1. The minimum atomic E-state index is 0.375. The van der Waals surface area contributed by atoms with E-state index in [0.717, 1.165) is 0 Å². The summed E-state index contributed by atoms with van der Waals surface area (Å²) in [6, 6.07) is 0. The summed E-state index contributed by atoms with van der Waals surface area (Å²) < 4.78 is 2.95. The van der Waals surface area contributed by atoms with Gasteiger partial charge in [0.05, 0.1) is 18.0 Å². The van der Waals surface area contributed by atoms with Crippen molar-refractivity contribution in [2.75, 3.05) is 0 Å². The lowest BCUT2D eigenvalue weighted by molar-refractivity contribution is 0.936. The Morgan fingerprint density at radius 3 is 3.12 bits per heavy atom. The van der Waals surface area contributed by atoms with Crippen molar-refractivity contribution < 1.29 is 0 Å².